The summed E-state index contributed by atoms with van der Waals surface area (Å²) in [4.78, 5) is 0. The average molecular weight is 253 g/mol. The molecular weight excluding hydrogens is 222 g/mol. The fourth-order valence-corrected chi connectivity index (χ4v) is 3.63. The summed E-state index contributed by atoms with van der Waals surface area (Å²) in [5.74, 6) is 1.01. The molecule has 2 aliphatic rings. The Kier molecular flexibility index (Phi) is 5.97. The highest BCUT2D eigenvalue weighted by Gasteiger charge is 2.26. The van der Waals surface area contributed by atoms with Gasteiger partial charge in [0.25, 0.3) is 0 Å². The Labute approximate surface area is 113 Å². The molecular formula is C16H31NO. The summed E-state index contributed by atoms with van der Waals surface area (Å²) < 4.78 is 5.83. The quantitative estimate of drug-likeness (QED) is 0.802. The van der Waals surface area contributed by atoms with E-state index in [1.54, 1.807) is 0 Å². The molecule has 2 fully saturated rings. The fraction of sp³-hybridized carbons (Fsp3) is 1.00. The number of rotatable bonds is 5. The molecule has 1 saturated carbocycles. The van der Waals surface area contributed by atoms with E-state index in [-0.39, 0.29) is 0 Å². The van der Waals surface area contributed by atoms with Crippen LogP contribution in [0.5, 0.6) is 0 Å². The Morgan fingerprint density at radius 1 is 1.00 bits per heavy atom. The minimum atomic E-state index is 0.522. The molecule has 1 N–H and O–H groups in total. The van der Waals surface area contributed by atoms with Crippen LogP contribution in [0.15, 0.2) is 0 Å². The van der Waals surface area contributed by atoms with Gasteiger partial charge in [0.2, 0.25) is 0 Å². The van der Waals surface area contributed by atoms with Crippen molar-refractivity contribution in [2.24, 2.45) is 5.92 Å². The third-order valence-electron chi connectivity index (χ3n) is 4.87. The SMILES string of the molecule is CCCC1CC(NC2CCC(CC)CC2)CCO1. The molecule has 0 amide bonds. The topological polar surface area (TPSA) is 21.3 Å². The van der Waals surface area contributed by atoms with Crippen LogP contribution in [-0.2, 0) is 4.74 Å². The standard InChI is InChI=1S/C16H31NO/c1-3-5-16-12-15(10-11-18-16)17-14-8-6-13(4-2)7-9-14/h13-17H,3-12H2,1-2H3. The molecule has 0 radical (unpaired) electrons. The molecule has 1 saturated heterocycles. The molecule has 1 aliphatic heterocycles. The zero-order valence-electron chi connectivity index (χ0n) is 12.3. The Bertz CT molecular complexity index is 221. The zero-order chi connectivity index (χ0) is 12.8. The van der Waals surface area contributed by atoms with Gasteiger partial charge in [-0.2, -0.15) is 0 Å². The number of hydrogen-bond donors (Lipinski definition) is 1. The molecule has 0 bridgehead atoms. The van der Waals surface area contributed by atoms with Crippen LogP contribution < -0.4 is 5.32 Å². The first-order chi connectivity index (χ1) is 8.81. The minimum absolute atomic E-state index is 0.522. The van der Waals surface area contributed by atoms with Crippen molar-refractivity contribution in [3.63, 3.8) is 0 Å². The van der Waals surface area contributed by atoms with E-state index < -0.39 is 0 Å². The van der Waals surface area contributed by atoms with Gasteiger partial charge in [-0.3, -0.25) is 0 Å². The highest BCUT2D eigenvalue weighted by Crippen LogP contribution is 2.28. The van der Waals surface area contributed by atoms with Gasteiger partial charge in [-0.25, -0.2) is 0 Å². The van der Waals surface area contributed by atoms with Gasteiger partial charge in [-0.1, -0.05) is 26.7 Å². The van der Waals surface area contributed by atoms with E-state index >= 15 is 0 Å². The molecule has 2 nitrogen and oxygen atoms in total. The van der Waals surface area contributed by atoms with Crippen molar-refractivity contribution in [2.45, 2.75) is 89.8 Å². The summed E-state index contributed by atoms with van der Waals surface area (Å²) in [7, 11) is 0. The van der Waals surface area contributed by atoms with Crippen LogP contribution in [0.1, 0.15) is 71.6 Å². The van der Waals surface area contributed by atoms with E-state index in [1.807, 2.05) is 0 Å². The molecule has 18 heavy (non-hydrogen) atoms. The summed E-state index contributed by atoms with van der Waals surface area (Å²) in [6.07, 6.45) is 12.5. The Morgan fingerprint density at radius 3 is 2.44 bits per heavy atom. The van der Waals surface area contributed by atoms with Crippen molar-refractivity contribution in [3.05, 3.63) is 0 Å². The maximum absolute atomic E-state index is 5.83. The van der Waals surface area contributed by atoms with E-state index in [0.717, 1.165) is 24.6 Å². The van der Waals surface area contributed by atoms with Crippen LogP contribution in [0.3, 0.4) is 0 Å². The zero-order valence-corrected chi connectivity index (χ0v) is 12.3. The lowest BCUT2D eigenvalue weighted by Gasteiger charge is -2.35. The van der Waals surface area contributed by atoms with Crippen molar-refractivity contribution in [1.82, 2.24) is 5.32 Å². The molecule has 2 rings (SSSR count). The first kappa shape index (κ1) is 14.3. The van der Waals surface area contributed by atoms with Gasteiger partial charge >= 0.3 is 0 Å². The Balaban J connectivity index is 1.69. The van der Waals surface area contributed by atoms with Gasteiger partial charge in [0.05, 0.1) is 6.10 Å². The van der Waals surface area contributed by atoms with Crippen LogP contribution in [0, 0.1) is 5.92 Å². The lowest BCUT2D eigenvalue weighted by Crippen LogP contribution is -2.45. The second kappa shape index (κ2) is 7.49. The second-order valence-electron chi connectivity index (χ2n) is 6.30. The van der Waals surface area contributed by atoms with Gasteiger partial charge in [0.15, 0.2) is 0 Å². The van der Waals surface area contributed by atoms with Gasteiger partial charge in [0, 0.05) is 18.7 Å². The molecule has 0 aromatic heterocycles. The molecule has 2 heteroatoms. The third kappa shape index (κ3) is 4.24. The van der Waals surface area contributed by atoms with E-state index in [1.165, 1.54) is 57.8 Å². The normalized spacial score (nSPS) is 37.7. The lowest BCUT2D eigenvalue weighted by atomic mass is 9.84. The highest BCUT2D eigenvalue weighted by molar-refractivity contribution is 4.83. The lowest BCUT2D eigenvalue weighted by molar-refractivity contribution is -0.00609. The van der Waals surface area contributed by atoms with Gasteiger partial charge in [-0.05, 0) is 50.9 Å². The van der Waals surface area contributed by atoms with Crippen LogP contribution >= 0.6 is 0 Å². The van der Waals surface area contributed by atoms with Crippen molar-refractivity contribution in [2.75, 3.05) is 6.61 Å². The predicted molar refractivity (Wildman–Crippen MR) is 76.8 cm³/mol. The highest BCUT2D eigenvalue weighted by atomic mass is 16.5. The largest absolute Gasteiger partial charge is 0.378 e. The second-order valence-corrected chi connectivity index (χ2v) is 6.30. The monoisotopic (exact) mass is 253 g/mol. The number of nitrogens with one attached hydrogen (secondary N) is 1. The maximum atomic E-state index is 5.83. The number of hydrogen-bond acceptors (Lipinski definition) is 2. The average Bonchev–Trinajstić information content (AvgIpc) is 2.40. The van der Waals surface area contributed by atoms with Gasteiger partial charge in [-0.15, -0.1) is 0 Å². The van der Waals surface area contributed by atoms with Crippen LogP contribution in [0.2, 0.25) is 0 Å². The van der Waals surface area contributed by atoms with E-state index in [4.69, 9.17) is 4.74 Å². The predicted octanol–water partition coefficient (Wildman–Crippen LogP) is 3.89. The first-order valence-electron chi connectivity index (χ1n) is 8.19. The van der Waals surface area contributed by atoms with Crippen LogP contribution in [0.25, 0.3) is 0 Å². The molecule has 1 heterocycles. The van der Waals surface area contributed by atoms with E-state index in [0.29, 0.717) is 6.10 Å². The van der Waals surface area contributed by atoms with Crippen LogP contribution in [0.4, 0.5) is 0 Å². The molecule has 1 aliphatic carbocycles. The summed E-state index contributed by atoms with van der Waals surface area (Å²) in [6.45, 7) is 5.56. The summed E-state index contributed by atoms with van der Waals surface area (Å²) in [5, 5.41) is 3.91. The Morgan fingerprint density at radius 2 is 1.78 bits per heavy atom. The first-order valence-corrected chi connectivity index (χ1v) is 8.19. The summed E-state index contributed by atoms with van der Waals surface area (Å²) >= 11 is 0. The molecule has 106 valence electrons. The van der Waals surface area contributed by atoms with Crippen molar-refractivity contribution >= 4 is 0 Å². The smallest absolute Gasteiger partial charge is 0.0589 e. The van der Waals surface area contributed by atoms with Crippen molar-refractivity contribution < 1.29 is 4.74 Å². The minimum Gasteiger partial charge on any atom is -0.378 e. The molecule has 2 unspecified atom stereocenters. The molecule has 2 atom stereocenters. The summed E-state index contributed by atoms with van der Waals surface area (Å²) in [6, 6.07) is 1.51. The van der Waals surface area contributed by atoms with Gasteiger partial charge < -0.3 is 10.1 Å². The Hall–Kier alpha value is -0.0800. The van der Waals surface area contributed by atoms with Crippen LogP contribution in [-0.4, -0.2) is 24.8 Å². The fourth-order valence-electron chi connectivity index (χ4n) is 3.63. The maximum Gasteiger partial charge on any atom is 0.0589 e. The van der Waals surface area contributed by atoms with Crippen molar-refractivity contribution in [3.8, 4) is 0 Å². The molecule has 0 spiro atoms. The van der Waals surface area contributed by atoms with E-state index in [2.05, 4.69) is 19.2 Å². The van der Waals surface area contributed by atoms with Crippen molar-refractivity contribution in [1.29, 1.82) is 0 Å². The third-order valence-corrected chi connectivity index (χ3v) is 4.87. The number of ether oxygens (including phenoxy) is 1. The van der Waals surface area contributed by atoms with E-state index in [9.17, 15) is 0 Å². The molecule has 0 aromatic rings. The van der Waals surface area contributed by atoms with Gasteiger partial charge in [0.1, 0.15) is 0 Å². The summed E-state index contributed by atoms with van der Waals surface area (Å²) in [5.41, 5.74) is 0. The molecule has 0 aromatic carbocycles.